The topological polar surface area (TPSA) is 75.7 Å². The lowest BCUT2D eigenvalue weighted by Gasteiger charge is -2.34. The zero-order valence-corrected chi connectivity index (χ0v) is 17.2. The second-order valence-electron chi connectivity index (χ2n) is 6.49. The number of para-hydroxylation sites is 2. The molecule has 3 rings (SSSR count). The molecule has 8 heteroatoms. The minimum atomic E-state index is -3.51. The van der Waals surface area contributed by atoms with Crippen LogP contribution < -0.4 is 14.4 Å². The Bertz CT molecular complexity index is 949. The van der Waals surface area contributed by atoms with Gasteiger partial charge in [0.05, 0.1) is 18.0 Å². The third kappa shape index (κ3) is 4.59. The Labute approximate surface area is 170 Å². The van der Waals surface area contributed by atoms with Crippen LogP contribution in [-0.2, 0) is 21.2 Å². The van der Waals surface area contributed by atoms with Crippen molar-refractivity contribution < 1.29 is 17.9 Å². The number of carbonyl (C=O) groups is 1. The van der Waals surface area contributed by atoms with Crippen molar-refractivity contribution in [1.82, 2.24) is 5.32 Å². The zero-order valence-electron chi connectivity index (χ0n) is 15.6. The van der Waals surface area contributed by atoms with E-state index in [2.05, 4.69) is 5.32 Å². The van der Waals surface area contributed by atoms with Crippen molar-refractivity contribution >= 4 is 33.2 Å². The minimum absolute atomic E-state index is 0.0382. The van der Waals surface area contributed by atoms with Crippen LogP contribution in [0.4, 0.5) is 5.69 Å². The summed E-state index contributed by atoms with van der Waals surface area (Å²) in [4.78, 5) is 12.6. The molecule has 2 aromatic rings. The third-order valence-electron chi connectivity index (χ3n) is 4.61. The predicted molar refractivity (Wildman–Crippen MR) is 110 cm³/mol. The molecule has 0 bridgehead atoms. The number of halogens is 1. The van der Waals surface area contributed by atoms with Gasteiger partial charge in [-0.1, -0.05) is 41.9 Å². The molecule has 1 heterocycles. The SMILES string of the molecule is CCS(=O)(=O)N1C[C@@H](C(=O)NCCCc2ccccc2Cl)Oc2ccccc21. The van der Waals surface area contributed by atoms with Crippen molar-refractivity contribution in [2.75, 3.05) is 23.1 Å². The molecule has 1 aliphatic heterocycles. The fourth-order valence-corrected chi connectivity index (χ4v) is 4.42. The predicted octanol–water partition coefficient (Wildman–Crippen LogP) is 3.01. The van der Waals surface area contributed by atoms with E-state index in [1.165, 1.54) is 4.31 Å². The summed E-state index contributed by atoms with van der Waals surface area (Å²) in [6, 6.07) is 14.4. The third-order valence-corrected chi connectivity index (χ3v) is 6.72. The van der Waals surface area contributed by atoms with Crippen LogP contribution in [0.1, 0.15) is 18.9 Å². The van der Waals surface area contributed by atoms with Gasteiger partial charge < -0.3 is 10.1 Å². The van der Waals surface area contributed by atoms with E-state index in [0.717, 1.165) is 18.4 Å². The highest BCUT2D eigenvalue weighted by atomic mass is 35.5. The second-order valence-corrected chi connectivity index (χ2v) is 9.08. The Hall–Kier alpha value is -2.25. The lowest BCUT2D eigenvalue weighted by Crippen LogP contribution is -2.51. The van der Waals surface area contributed by atoms with E-state index in [1.807, 2.05) is 24.3 Å². The maximum Gasteiger partial charge on any atom is 0.263 e. The van der Waals surface area contributed by atoms with Gasteiger partial charge in [0.15, 0.2) is 6.10 Å². The van der Waals surface area contributed by atoms with Crippen molar-refractivity contribution in [2.45, 2.75) is 25.9 Å². The van der Waals surface area contributed by atoms with Crippen LogP contribution in [0, 0.1) is 0 Å². The van der Waals surface area contributed by atoms with Crippen LogP contribution >= 0.6 is 11.6 Å². The quantitative estimate of drug-likeness (QED) is 0.696. The number of nitrogens with zero attached hydrogens (tertiary/aromatic N) is 1. The van der Waals surface area contributed by atoms with Crippen LogP contribution in [0.5, 0.6) is 5.75 Å². The van der Waals surface area contributed by atoms with Gasteiger partial charge in [-0.15, -0.1) is 0 Å². The van der Waals surface area contributed by atoms with Gasteiger partial charge in [-0.05, 0) is 43.5 Å². The number of fused-ring (bicyclic) bond motifs is 1. The highest BCUT2D eigenvalue weighted by Crippen LogP contribution is 2.35. The Morgan fingerprint density at radius 1 is 1.21 bits per heavy atom. The summed E-state index contributed by atoms with van der Waals surface area (Å²) >= 11 is 6.14. The molecule has 2 aromatic carbocycles. The molecule has 1 atom stereocenters. The first kappa shape index (κ1) is 20.5. The summed E-state index contributed by atoms with van der Waals surface area (Å²) in [5, 5.41) is 3.54. The molecule has 0 saturated heterocycles. The minimum Gasteiger partial charge on any atom is -0.476 e. The number of ether oxygens (including phenoxy) is 1. The molecule has 0 radical (unpaired) electrons. The van der Waals surface area contributed by atoms with Gasteiger partial charge in [0.2, 0.25) is 10.0 Å². The molecule has 0 spiro atoms. The standard InChI is InChI=1S/C20H23ClN2O4S/c1-2-28(25,26)23-14-19(27-18-12-6-5-11-17(18)23)20(24)22-13-7-9-15-8-3-4-10-16(15)21/h3-6,8,10-12,19H,2,7,9,13-14H2,1H3,(H,22,24)/t19-/m0/s1. The van der Waals surface area contributed by atoms with E-state index >= 15 is 0 Å². The Balaban J connectivity index is 1.62. The smallest absolute Gasteiger partial charge is 0.263 e. The van der Waals surface area contributed by atoms with Crippen LogP contribution in [0.25, 0.3) is 0 Å². The van der Waals surface area contributed by atoms with Crippen LogP contribution in [0.15, 0.2) is 48.5 Å². The van der Waals surface area contributed by atoms with Gasteiger partial charge in [-0.3, -0.25) is 9.10 Å². The normalized spacial score (nSPS) is 16.2. The molecule has 1 N–H and O–H groups in total. The number of amides is 1. The Morgan fingerprint density at radius 3 is 2.68 bits per heavy atom. The zero-order chi connectivity index (χ0) is 20.1. The summed E-state index contributed by atoms with van der Waals surface area (Å²) in [6.45, 7) is 1.99. The number of aryl methyl sites for hydroxylation is 1. The number of hydrogen-bond donors (Lipinski definition) is 1. The molecule has 1 aliphatic rings. The highest BCUT2D eigenvalue weighted by Gasteiger charge is 2.35. The van der Waals surface area contributed by atoms with Crippen molar-refractivity contribution in [3.8, 4) is 5.75 Å². The molecule has 0 aliphatic carbocycles. The number of hydrogen-bond acceptors (Lipinski definition) is 4. The van der Waals surface area contributed by atoms with E-state index in [0.29, 0.717) is 23.0 Å². The van der Waals surface area contributed by atoms with Gasteiger partial charge in [0, 0.05) is 11.6 Å². The van der Waals surface area contributed by atoms with Crippen LogP contribution in [0.2, 0.25) is 5.02 Å². The first-order valence-corrected chi connectivity index (χ1v) is 11.2. The van der Waals surface area contributed by atoms with Crippen molar-refractivity contribution in [3.05, 3.63) is 59.1 Å². The average molecular weight is 423 g/mol. The van der Waals surface area contributed by atoms with E-state index < -0.39 is 16.1 Å². The lowest BCUT2D eigenvalue weighted by atomic mass is 10.1. The van der Waals surface area contributed by atoms with E-state index in [9.17, 15) is 13.2 Å². The summed E-state index contributed by atoms with van der Waals surface area (Å²) in [7, 11) is -3.51. The Morgan fingerprint density at radius 2 is 1.93 bits per heavy atom. The molecule has 150 valence electrons. The molecule has 0 unspecified atom stereocenters. The van der Waals surface area contributed by atoms with Gasteiger partial charge in [0.1, 0.15) is 5.75 Å². The fraction of sp³-hybridized carbons (Fsp3) is 0.350. The number of rotatable bonds is 7. The highest BCUT2D eigenvalue weighted by molar-refractivity contribution is 7.92. The van der Waals surface area contributed by atoms with Gasteiger partial charge in [-0.25, -0.2) is 8.42 Å². The fourth-order valence-electron chi connectivity index (χ4n) is 3.06. The number of carbonyl (C=O) groups excluding carboxylic acids is 1. The van der Waals surface area contributed by atoms with E-state index in [4.69, 9.17) is 16.3 Å². The molecule has 0 fully saturated rings. The van der Waals surface area contributed by atoms with Crippen molar-refractivity contribution in [1.29, 1.82) is 0 Å². The molecular formula is C20H23ClN2O4S. The first-order valence-electron chi connectivity index (χ1n) is 9.19. The molecular weight excluding hydrogens is 400 g/mol. The van der Waals surface area contributed by atoms with Crippen LogP contribution in [-0.4, -0.2) is 39.3 Å². The second kappa shape index (κ2) is 8.84. The van der Waals surface area contributed by atoms with Crippen LogP contribution in [0.3, 0.4) is 0 Å². The molecule has 6 nitrogen and oxygen atoms in total. The van der Waals surface area contributed by atoms with Crippen molar-refractivity contribution in [3.63, 3.8) is 0 Å². The molecule has 0 saturated carbocycles. The summed E-state index contributed by atoms with van der Waals surface area (Å²) in [5.41, 5.74) is 1.49. The monoisotopic (exact) mass is 422 g/mol. The van der Waals surface area contributed by atoms with E-state index in [1.54, 1.807) is 31.2 Å². The van der Waals surface area contributed by atoms with E-state index in [-0.39, 0.29) is 18.2 Å². The van der Waals surface area contributed by atoms with Gasteiger partial charge in [0.25, 0.3) is 5.91 Å². The maximum atomic E-state index is 12.6. The summed E-state index contributed by atoms with van der Waals surface area (Å²) in [6.07, 6.45) is 0.567. The molecule has 28 heavy (non-hydrogen) atoms. The van der Waals surface area contributed by atoms with Gasteiger partial charge >= 0.3 is 0 Å². The largest absolute Gasteiger partial charge is 0.476 e. The van der Waals surface area contributed by atoms with Crippen molar-refractivity contribution in [2.24, 2.45) is 0 Å². The number of sulfonamides is 1. The average Bonchev–Trinajstić information content (AvgIpc) is 2.71. The van der Waals surface area contributed by atoms with Gasteiger partial charge in [-0.2, -0.15) is 0 Å². The number of anilines is 1. The summed E-state index contributed by atoms with van der Waals surface area (Å²) < 4.78 is 31.9. The summed E-state index contributed by atoms with van der Waals surface area (Å²) in [5.74, 6) is 0.0139. The maximum absolute atomic E-state index is 12.6. The number of benzene rings is 2. The number of nitrogens with one attached hydrogen (secondary N) is 1. The Kier molecular flexibility index (Phi) is 6.46. The lowest BCUT2D eigenvalue weighted by molar-refractivity contribution is -0.127. The molecule has 1 amide bonds. The molecule has 0 aromatic heterocycles. The first-order chi connectivity index (χ1) is 13.4.